The lowest BCUT2D eigenvalue weighted by molar-refractivity contribution is 0.382. The summed E-state index contributed by atoms with van der Waals surface area (Å²) in [6, 6.07) is 10.2. The molecule has 35 heavy (non-hydrogen) atoms. The highest BCUT2D eigenvalue weighted by atomic mass is 35.5. The molecule has 2 aliphatic heterocycles. The zero-order valence-corrected chi connectivity index (χ0v) is 21.7. The first-order chi connectivity index (χ1) is 16.7. The van der Waals surface area contributed by atoms with Crippen molar-refractivity contribution < 1.29 is 13.3 Å². The molecule has 0 aromatic heterocycles. The lowest BCUT2D eigenvalue weighted by Gasteiger charge is -2.33. The average Bonchev–Trinajstić information content (AvgIpc) is 2.84. The van der Waals surface area contributed by atoms with E-state index in [4.69, 9.17) is 16.6 Å². The molecule has 2 aliphatic rings. The van der Waals surface area contributed by atoms with E-state index in [2.05, 4.69) is 28.9 Å². The number of piperazine rings is 1. The Morgan fingerprint density at radius 3 is 2.63 bits per heavy atom. The van der Waals surface area contributed by atoms with Crippen molar-refractivity contribution in [1.29, 1.82) is 0 Å². The monoisotopic (exact) mass is 518 g/mol. The van der Waals surface area contributed by atoms with Gasteiger partial charge < -0.3 is 19.7 Å². The number of rotatable bonds is 5. The van der Waals surface area contributed by atoms with Gasteiger partial charge >= 0.3 is 0 Å². The number of halogens is 3. The van der Waals surface area contributed by atoms with E-state index in [0.29, 0.717) is 24.6 Å². The third kappa shape index (κ3) is 5.79. The maximum atomic E-state index is 14.5. The first kappa shape index (κ1) is 25.5. The average molecular weight is 519 g/mol. The van der Waals surface area contributed by atoms with Gasteiger partial charge in [0.15, 0.2) is 5.84 Å². The molecule has 0 aliphatic carbocycles. The van der Waals surface area contributed by atoms with Crippen LogP contribution in [0.3, 0.4) is 0 Å². The van der Waals surface area contributed by atoms with Crippen LogP contribution in [-0.4, -0.2) is 55.9 Å². The summed E-state index contributed by atoms with van der Waals surface area (Å²) in [7, 11) is -2.02. The molecule has 0 saturated carbocycles. The van der Waals surface area contributed by atoms with Crippen molar-refractivity contribution in [2.45, 2.75) is 13.5 Å². The van der Waals surface area contributed by atoms with Crippen LogP contribution in [0.4, 0.5) is 14.5 Å². The maximum absolute atomic E-state index is 14.5. The van der Waals surface area contributed by atoms with Crippen LogP contribution in [0.1, 0.15) is 18.1 Å². The normalized spacial score (nSPS) is 19.7. The Morgan fingerprint density at radius 2 is 1.91 bits per heavy atom. The smallest absolute Gasteiger partial charge is 0.152 e. The van der Waals surface area contributed by atoms with Gasteiger partial charge in [-0.1, -0.05) is 36.4 Å². The zero-order chi connectivity index (χ0) is 25.2. The molecule has 2 saturated heterocycles. The van der Waals surface area contributed by atoms with E-state index >= 15 is 0 Å². The number of aliphatic imine (C=N–C) groups is 1. The van der Waals surface area contributed by atoms with Crippen LogP contribution in [-0.2, 0) is 11.1 Å². The summed E-state index contributed by atoms with van der Waals surface area (Å²) in [4.78, 5) is 9.01. The van der Waals surface area contributed by atoms with Crippen molar-refractivity contribution >= 4 is 36.0 Å². The lowest BCUT2D eigenvalue weighted by atomic mass is 10.1. The van der Waals surface area contributed by atoms with Gasteiger partial charge in [-0.25, -0.2) is 13.8 Å². The van der Waals surface area contributed by atoms with E-state index in [9.17, 15) is 13.3 Å². The Labute approximate surface area is 210 Å². The zero-order valence-electron chi connectivity index (χ0n) is 20.0. The number of amidine groups is 1. The molecule has 0 amide bonds. The fourth-order valence-electron chi connectivity index (χ4n) is 4.33. The van der Waals surface area contributed by atoms with Gasteiger partial charge in [0, 0.05) is 61.9 Å². The van der Waals surface area contributed by atoms with Gasteiger partial charge in [0.1, 0.15) is 11.6 Å². The number of nitrogens with one attached hydrogen (secondary N) is 1. The molecule has 186 valence electrons. The van der Waals surface area contributed by atoms with Gasteiger partial charge in [-0.2, -0.15) is 0 Å². The van der Waals surface area contributed by atoms with Crippen molar-refractivity contribution in [1.82, 2.24) is 10.2 Å². The number of hydrogen-bond acceptors (Lipinski definition) is 4. The first-order valence-electron chi connectivity index (χ1n) is 11.6. The lowest BCUT2D eigenvalue weighted by Crippen LogP contribution is -2.45. The van der Waals surface area contributed by atoms with Crippen molar-refractivity contribution in [3.8, 4) is 0 Å². The second-order valence-electron chi connectivity index (χ2n) is 9.04. The SMILES string of the molecule is C=C1NCCN(Cc2c(F)ccc(F)c2Cl)C1=N/C(=C\C)c1cccc(N2CCP(C)(=O)CC2)c1. The molecule has 9 heteroatoms. The van der Waals surface area contributed by atoms with Gasteiger partial charge in [0.05, 0.1) is 23.6 Å². The van der Waals surface area contributed by atoms with Gasteiger partial charge in [0.25, 0.3) is 0 Å². The molecule has 2 aromatic rings. The largest absolute Gasteiger partial charge is 0.381 e. The van der Waals surface area contributed by atoms with Crippen LogP contribution in [0, 0.1) is 11.6 Å². The second-order valence-corrected chi connectivity index (χ2v) is 12.9. The summed E-state index contributed by atoms with van der Waals surface area (Å²) in [5.74, 6) is -0.657. The highest BCUT2D eigenvalue weighted by Crippen LogP contribution is 2.43. The molecule has 5 nitrogen and oxygen atoms in total. The minimum absolute atomic E-state index is 0.0733. The fraction of sp³-hybridized carbons (Fsp3) is 0.346. The fourth-order valence-corrected chi connectivity index (χ4v) is 6.10. The Morgan fingerprint density at radius 1 is 1.20 bits per heavy atom. The Balaban J connectivity index is 1.62. The van der Waals surface area contributed by atoms with E-state index in [1.165, 1.54) is 0 Å². The topological polar surface area (TPSA) is 47.9 Å². The van der Waals surface area contributed by atoms with Crippen molar-refractivity contribution in [2.75, 3.05) is 50.1 Å². The molecule has 0 spiro atoms. The maximum Gasteiger partial charge on any atom is 0.152 e. The van der Waals surface area contributed by atoms with E-state index < -0.39 is 18.8 Å². The third-order valence-electron chi connectivity index (χ3n) is 6.47. The number of anilines is 1. The summed E-state index contributed by atoms with van der Waals surface area (Å²) in [6.45, 7) is 10.6. The predicted molar refractivity (Wildman–Crippen MR) is 142 cm³/mol. The number of nitrogens with zero attached hydrogens (tertiary/aromatic N) is 3. The molecule has 2 heterocycles. The van der Waals surface area contributed by atoms with E-state index in [0.717, 1.165) is 54.5 Å². The molecule has 2 fully saturated rings. The molecule has 1 N–H and O–H groups in total. The standard InChI is InChI=1S/C26H30ClF2N4OP/c1-4-24(19-6-5-7-20(16-19)32-12-14-35(3,34)15-13-32)31-26-18(2)30-10-11-33(26)17-21-22(28)8-9-23(29)25(21)27/h4-9,16,30H,2,10-15,17H2,1,3H3/b24-4-,31-26?. The summed E-state index contributed by atoms with van der Waals surface area (Å²) in [5, 5.41) is 2.99. The second kappa shape index (κ2) is 10.5. The summed E-state index contributed by atoms with van der Waals surface area (Å²) in [6.07, 6.45) is 3.35. The molecule has 2 aromatic carbocycles. The highest BCUT2D eigenvalue weighted by Gasteiger charge is 2.25. The quantitative estimate of drug-likeness (QED) is 0.401. The molecule has 0 atom stereocenters. The van der Waals surface area contributed by atoms with Crippen molar-refractivity contribution in [3.05, 3.63) is 82.5 Å². The summed E-state index contributed by atoms with van der Waals surface area (Å²) < 4.78 is 40.9. The molecular weight excluding hydrogens is 489 g/mol. The molecule has 0 radical (unpaired) electrons. The van der Waals surface area contributed by atoms with Gasteiger partial charge in [0.2, 0.25) is 0 Å². The van der Waals surface area contributed by atoms with E-state index in [-0.39, 0.29) is 17.1 Å². The number of allylic oxidation sites excluding steroid dienone is 1. The van der Waals surface area contributed by atoms with Gasteiger partial charge in [-0.15, -0.1) is 0 Å². The van der Waals surface area contributed by atoms with Crippen LogP contribution < -0.4 is 10.2 Å². The molecular formula is C26H30ClF2N4OP. The van der Waals surface area contributed by atoms with E-state index in [1.54, 1.807) is 0 Å². The Kier molecular flexibility index (Phi) is 7.67. The van der Waals surface area contributed by atoms with Crippen LogP contribution in [0.25, 0.3) is 5.70 Å². The molecule has 0 bridgehead atoms. The van der Waals surface area contributed by atoms with E-state index in [1.807, 2.05) is 36.7 Å². The third-order valence-corrected chi connectivity index (χ3v) is 9.17. The predicted octanol–water partition coefficient (Wildman–Crippen LogP) is 5.81. The van der Waals surface area contributed by atoms with Crippen LogP contribution in [0.15, 0.2) is 59.7 Å². The van der Waals surface area contributed by atoms with Crippen LogP contribution >= 0.6 is 18.7 Å². The highest BCUT2D eigenvalue weighted by molar-refractivity contribution is 7.63. The molecule has 0 unspecified atom stereocenters. The molecule has 4 rings (SSSR count). The van der Waals surface area contributed by atoms with Gasteiger partial charge in [-0.3, -0.25) is 0 Å². The van der Waals surface area contributed by atoms with Crippen molar-refractivity contribution in [2.24, 2.45) is 4.99 Å². The summed E-state index contributed by atoms with van der Waals surface area (Å²) >= 11 is 6.09. The minimum Gasteiger partial charge on any atom is -0.381 e. The number of benzene rings is 2. The summed E-state index contributed by atoms with van der Waals surface area (Å²) in [5.41, 5.74) is 3.43. The number of hydrogen-bond donors (Lipinski definition) is 1. The van der Waals surface area contributed by atoms with Gasteiger partial charge in [-0.05, 0) is 37.9 Å². The Hall–Kier alpha value is -2.63. The van der Waals surface area contributed by atoms with Crippen LogP contribution in [0.2, 0.25) is 5.02 Å². The van der Waals surface area contributed by atoms with Crippen LogP contribution in [0.5, 0.6) is 0 Å². The Bertz CT molecular complexity index is 1230. The first-order valence-corrected chi connectivity index (χ1v) is 14.5. The van der Waals surface area contributed by atoms with Crippen molar-refractivity contribution in [3.63, 3.8) is 0 Å². The minimum atomic E-state index is -2.02.